The molecule has 0 aliphatic carbocycles. The van der Waals surface area contributed by atoms with Crippen LogP contribution in [0.1, 0.15) is 30.0 Å². The van der Waals surface area contributed by atoms with Gasteiger partial charge in [-0.1, -0.05) is 0 Å². The van der Waals surface area contributed by atoms with Crippen LogP contribution in [0.15, 0.2) is 24.3 Å². The van der Waals surface area contributed by atoms with Crippen molar-refractivity contribution in [2.75, 3.05) is 13.7 Å². The predicted molar refractivity (Wildman–Crippen MR) is 96.8 cm³/mol. The molecule has 1 aliphatic rings. The van der Waals surface area contributed by atoms with E-state index in [0.717, 1.165) is 26.9 Å². The highest BCUT2D eigenvalue weighted by atomic mass is 32.1. The van der Waals surface area contributed by atoms with E-state index in [1.807, 2.05) is 38.1 Å². The van der Waals surface area contributed by atoms with Gasteiger partial charge < -0.3 is 10.1 Å². The molecule has 1 aromatic heterocycles. The summed E-state index contributed by atoms with van der Waals surface area (Å²) in [4.78, 5) is 17.7. The summed E-state index contributed by atoms with van der Waals surface area (Å²) in [6, 6.07) is 6.42. The standard InChI is InChI=1S/C18H21F2N3O2S/c1-10(22-16(24)14-8-18(19,20)9-21-14)15-11(2)23-17(26-15)12-4-6-13(25-3)7-5-12/h4-7,10,14,21H,8-9H2,1-3H3,(H,22,24). The molecule has 3 rings (SSSR count). The fraction of sp³-hybridized carbons (Fsp3) is 0.444. The minimum Gasteiger partial charge on any atom is -0.497 e. The van der Waals surface area contributed by atoms with Gasteiger partial charge in [0, 0.05) is 12.0 Å². The molecule has 1 fully saturated rings. The molecule has 2 atom stereocenters. The molecule has 1 saturated heterocycles. The van der Waals surface area contributed by atoms with Crippen LogP contribution in [-0.4, -0.2) is 36.5 Å². The first-order chi connectivity index (χ1) is 12.3. The Morgan fingerprint density at radius 1 is 1.42 bits per heavy atom. The lowest BCUT2D eigenvalue weighted by Gasteiger charge is -2.16. The predicted octanol–water partition coefficient (Wildman–Crippen LogP) is 3.30. The van der Waals surface area contributed by atoms with Crippen LogP contribution in [0.5, 0.6) is 5.75 Å². The Labute approximate surface area is 154 Å². The number of nitrogens with one attached hydrogen (secondary N) is 2. The fourth-order valence-corrected chi connectivity index (χ4v) is 4.02. The number of hydrogen-bond acceptors (Lipinski definition) is 5. The van der Waals surface area contributed by atoms with Gasteiger partial charge in [-0.3, -0.25) is 10.1 Å². The van der Waals surface area contributed by atoms with Crippen molar-refractivity contribution in [2.24, 2.45) is 0 Å². The number of alkyl halides is 2. The van der Waals surface area contributed by atoms with Crippen molar-refractivity contribution in [1.29, 1.82) is 0 Å². The van der Waals surface area contributed by atoms with E-state index in [0.29, 0.717) is 0 Å². The first-order valence-electron chi connectivity index (χ1n) is 8.32. The molecule has 0 radical (unpaired) electrons. The van der Waals surface area contributed by atoms with Gasteiger partial charge in [-0.25, -0.2) is 13.8 Å². The highest BCUT2D eigenvalue weighted by Gasteiger charge is 2.42. The quantitative estimate of drug-likeness (QED) is 0.834. The van der Waals surface area contributed by atoms with Gasteiger partial charge in [-0.05, 0) is 38.1 Å². The molecule has 2 unspecified atom stereocenters. The first-order valence-corrected chi connectivity index (χ1v) is 9.14. The van der Waals surface area contributed by atoms with Crippen molar-refractivity contribution in [1.82, 2.24) is 15.6 Å². The Kier molecular flexibility index (Phi) is 5.24. The first kappa shape index (κ1) is 18.7. The summed E-state index contributed by atoms with van der Waals surface area (Å²) in [6.45, 7) is 3.26. The number of nitrogens with zero attached hydrogens (tertiary/aromatic N) is 1. The lowest BCUT2D eigenvalue weighted by atomic mass is 10.1. The van der Waals surface area contributed by atoms with Crippen molar-refractivity contribution >= 4 is 17.2 Å². The van der Waals surface area contributed by atoms with Crippen LogP contribution in [0.2, 0.25) is 0 Å². The van der Waals surface area contributed by atoms with Crippen LogP contribution in [0.3, 0.4) is 0 Å². The van der Waals surface area contributed by atoms with Gasteiger partial charge in [0.1, 0.15) is 10.8 Å². The number of amides is 1. The maximum Gasteiger partial charge on any atom is 0.262 e. The normalized spacial score (nSPS) is 20.0. The Morgan fingerprint density at radius 2 is 2.12 bits per heavy atom. The molecule has 140 valence electrons. The van der Waals surface area contributed by atoms with Crippen LogP contribution in [0.25, 0.3) is 10.6 Å². The van der Waals surface area contributed by atoms with Crippen molar-refractivity contribution in [3.63, 3.8) is 0 Å². The maximum atomic E-state index is 13.3. The zero-order valence-corrected chi connectivity index (χ0v) is 15.6. The average Bonchev–Trinajstić information content (AvgIpc) is 3.17. The van der Waals surface area contributed by atoms with Crippen LogP contribution >= 0.6 is 11.3 Å². The van der Waals surface area contributed by atoms with Crippen molar-refractivity contribution in [3.05, 3.63) is 34.8 Å². The maximum absolute atomic E-state index is 13.3. The largest absolute Gasteiger partial charge is 0.497 e. The number of methoxy groups -OCH3 is 1. The van der Waals surface area contributed by atoms with Gasteiger partial charge in [-0.15, -0.1) is 11.3 Å². The number of aryl methyl sites for hydroxylation is 1. The van der Waals surface area contributed by atoms with Crippen LogP contribution in [-0.2, 0) is 4.79 Å². The van der Waals surface area contributed by atoms with Gasteiger partial charge >= 0.3 is 0 Å². The number of aromatic nitrogens is 1. The van der Waals surface area contributed by atoms with E-state index >= 15 is 0 Å². The fourth-order valence-electron chi connectivity index (χ4n) is 2.95. The molecule has 1 aromatic carbocycles. The van der Waals surface area contributed by atoms with Gasteiger partial charge in [-0.2, -0.15) is 0 Å². The molecule has 0 bridgehead atoms. The number of halogens is 2. The zero-order chi connectivity index (χ0) is 18.9. The van der Waals surface area contributed by atoms with E-state index in [1.165, 1.54) is 11.3 Å². The van der Waals surface area contributed by atoms with E-state index < -0.39 is 30.8 Å². The van der Waals surface area contributed by atoms with Crippen molar-refractivity contribution < 1.29 is 18.3 Å². The van der Waals surface area contributed by atoms with Gasteiger partial charge in [0.15, 0.2) is 0 Å². The lowest BCUT2D eigenvalue weighted by molar-refractivity contribution is -0.124. The number of benzene rings is 1. The minimum atomic E-state index is -2.83. The SMILES string of the molecule is COc1ccc(-c2nc(C)c(C(C)NC(=O)C3CC(F)(F)CN3)s2)cc1. The van der Waals surface area contributed by atoms with Gasteiger partial charge in [0.05, 0.1) is 36.3 Å². The Hall–Kier alpha value is -2.06. The lowest BCUT2D eigenvalue weighted by Crippen LogP contribution is -2.41. The van der Waals surface area contributed by atoms with E-state index in [2.05, 4.69) is 15.6 Å². The smallest absolute Gasteiger partial charge is 0.262 e. The second-order valence-corrected chi connectivity index (χ2v) is 7.45. The third kappa shape index (κ3) is 4.02. The second kappa shape index (κ2) is 7.28. The molecule has 1 aliphatic heterocycles. The Morgan fingerprint density at radius 3 is 2.69 bits per heavy atom. The van der Waals surface area contributed by atoms with Crippen LogP contribution in [0, 0.1) is 6.92 Å². The van der Waals surface area contributed by atoms with Gasteiger partial charge in [0.2, 0.25) is 5.91 Å². The second-order valence-electron chi connectivity index (χ2n) is 6.42. The number of rotatable bonds is 5. The summed E-state index contributed by atoms with van der Waals surface area (Å²) >= 11 is 1.48. The number of carbonyl (C=O) groups excluding carboxylic acids is 1. The molecule has 0 spiro atoms. The van der Waals surface area contributed by atoms with E-state index in [1.54, 1.807) is 7.11 Å². The molecule has 5 nitrogen and oxygen atoms in total. The van der Waals surface area contributed by atoms with Gasteiger partial charge in [0.25, 0.3) is 5.92 Å². The highest BCUT2D eigenvalue weighted by molar-refractivity contribution is 7.15. The third-order valence-electron chi connectivity index (χ3n) is 4.35. The summed E-state index contributed by atoms with van der Waals surface area (Å²) in [6.07, 6.45) is -0.468. The Balaban J connectivity index is 1.70. The zero-order valence-electron chi connectivity index (χ0n) is 14.8. The van der Waals surface area contributed by atoms with Crippen LogP contribution in [0.4, 0.5) is 8.78 Å². The summed E-state index contributed by atoms with van der Waals surface area (Å²) in [5, 5.41) is 6.23. The van der Waals surface area contributed by atoms with E-state index in [-0.39, 0.29) is 6.04 Å². The summed E-state index contributed by atoms with van der Waals surface area (Å²) < 4.78 is 31.7. The molecular weight excluding hydrogens is 360 g/mol. The van der Waals surface area contributed by atoms with Crippen molar-refractivity contribution in [3.8, 4) is 16.3 Å². The van der Waals surface area contributed by atoms with E-state index in [9.17, 15) is 13.6 Å². The summed E-state index contributed by atoms with van der Waals surface area (Å²) in [5.41, 5.74) is 1.78. The topological polar surface area (TPSA) is 63.2 Å². The summed E-state index contributed by atoms with van der Waals surface area (Å²) in [5.74, 6) is -2.47. The van der Waals surface area contributed by atoms with Crippen LogP contribution < -0.4 is 15.4 Å². The highest BCUT2D eigenvalue weighted by Crippen LogP contribution is 2.33. The molecule has 2 N–H and O–H groups in total. The minimum absolute atomic E-state index is 0.303. The number of carbonyl (C=O) groups is 1. The Bertz CT molecular complexity index is 792. The molecule has 2 aromatic rings. The summed E-state index contributed by atoms with van der Waals surface area (Å²) in [7, 11) is 1.61. The molecule has 26 heavy (non-hydrogen) atoms. The number of hydrogen-bond donors (Lipinski definition) is 2. The number of thiazole rings is 1. The molecule has 2 heterocycles. The number of ether oxygens (including phenoxy) is 1. The average molecular weight is 381 g/mol. The monoisotopic (exact) mass is 381 g/mol. The molecule has 0 saturated carbocycles. The third-order valence-corrected chi connectivity index (χ3v) is 5.74. The molecule has 1 amide bonds. The van der Waals surface area contributed by atoms with Crippen molar-refractivity contribution in [2.45, 2.75) is 38.3 Å². The molecule has 8 heteroatoms. The molecular formula is C18H21F2N3O2S. The van der Waals surface area contributed by atoms with E-state index in [4.69, 9.17) is 4.74 Å².